The van der Waals surface area contributed by atoms with Gasteiger partial charge in [-0.2, -0.15) is 0 Å². The minimum absolute atomic E-state index is 0.335. The SMILES string of the molecule is COc1c(C)c(F)c(C)c(C(C)O)c1OC. The summed E-state index contributed by atoms with van der Waals surface area (Å²) in [5, 5.41) is 9.65. The first-order valence-electron chi connectivity index (χ1n) is 5.04. The fourth-order valence-electron chi connectivity index (χ4n) is 1.91. The van der Waals surface area contributed by atoms with Crippen LogP contribution in [0.3, 0.4) is 0 Å². The van der Waals surface area contributed by atoms with Gasteiger partial charge < -0.3 is 14.6 Å². The van der Waals surface area contributed by atoms with Gasteiger partial charge in [-0.05, 0) is 26.3 Å². The van der Waals surface area contributed by atoms with Crippen molar-refractivity contribution in [2.24, 2.45) is 0 Å². The third-order valence-electron chi connectivity index (χ3n) is 2.68. The summed E-state index contributed by atoms with van der Waals surface area (Å²) in [4.78, 5) is 0. The lowest BCUT2D eigenvalue weighted by Gasteiger charge is -2.20. The lowest BCUT2D eigenvalue weighted by molar-refractivity contribution is 0.191. The quantitative estimate of drug-likeness (QED) is 0.864. The van der Waals surface area contributed by atoms with Gasteiger partial charge in [0.25, 0.3) is 0 Å². The third-order valence-corrected chi connectivity index (χ3v) is 2.68. The largest absolute Gasteiger partial charge is 0.492 e. The van der Waals surface area contributed by atoms with E-state index in [4.69, 9.17) is 9.47 Å². The van der Waals surface area contributed by atoms with Crippen LogP contribution in [-0.2, 0) is 0 Å². The van der Waals surface area contributed by atoms with Gasteiger partial charge in [0, 0.05) is 11.1 Å². The maximum Gasteiger partial charge on any atom is 0.167 e. The highest BCUT2D eigenvalue weighted by Gasteiger charge is 2.23. The molecule has 3 nitrogen and oxygen atoms in total. The fraction of sp³-hybridized carbons (Fsp3) is 0.500. The molecule has 0 aliphatic heterocycles. The minimum Gasteiger partial charge on any atom is -0.492 e. The number of ether oxygens (including phenoxy) is 2. The van der Waals surface area contributed by atoms with Crippen molar-refractivity contribution in [1.29, 1.82) is 0 Å². The molecule has 0 radical (unpaired) electrons. The Balaban J connectivity index is 3.65. The maximum atomic E-state index is 13.9. The Bertz CT molecular complexity index is 400. The Morgan fingerprint density at radius 1 is 1.06 bits per heavy atom. The molecule has 1 rings (SSSR count). The van der Waals surface area contributed by atoms with E-state index >= 15 is 0 Å². The summed E-state index contributed by atoms with van der Waals surface area (Å²) >= 11 is 0. The van der Waals surface area contributed by atoms with Crippen LogP contribution in [0.5, 0.6) is 11.5 Å². The van der Waals surface area contributed by atoms with Crippen molar-refractivity contribution < 1.29 is 19.0 Å². The maximum absolute atomic E-state index is 13.9. The standard InChI is InChI=1S/C12H17FO3/c1-6-9(8(3)14)12(16-5)11(15-4)7(2)10(6)13/h8,14H,1-5H3. The molecular weight excluding hydrogens is 211 g/mol. The molecule has 1 unspecified atom stereocenters. The molecule has 90 valence electrons. The van der Waals surface area contributed by atoms with Crippen molar-refractivity contribution in [3.8, 4) is 11.5 Å². The second-order valence-electron chi connectivity index (χ2n) is 3.72. The van der Waals surface area contributed by atoms with Gasteiger partial charge >= 0.3 is 0 Å². The first-order chi connectivity index (χ1) is 7.45. The molecule has 4 heteroatoms. The van der Waals surface area contributed by atoms with Crippen molar-refractivity contribution in [2.45, 2.75) is 26.9 Å². The average Bonchev–Trinajstić information content (AvgIpc) is 2.24. The van der Waals surface area contributed by atoms with Gasteiger partial charge in [-0.3, -0.25) is 0 Å². The minimum atomic E-state index is -0.807. The monoisotopic (exact) mass is 228 g/mol. The lowest BCUT2D eigenvalue weighted by Crippen LogP contribution is -2.06. The van der Waals surface area contributed by atoms with Crippen molar-refractivity contribution >= 4 is 0 Å². The lowest BCUT2D eigenvalue weighted by atomic mass is 9.98. The number of aliphatic hydroxyl groups is 1. The van der Waals surface area contributed by atoms with Crippen LogP contribution in [-0.4, -0.2) is 19.3 Å². The zero-order valence-electron chi connectivity index (χ0n) is 10.2. The van der Waals surface area contributed by atoms with Crippen LogP contribution >= 0.6 is 0 Å². The molecule has 0 aliphatic rings. The summed E-state index contributed by atoms with van der Waals surface area (Å²) in [6.45, 7) is 4.81. The number of rotatable bonds is 3. The Hall–Kier alpha value is -1.29. The van der Waals surface area contributed by atoms with E-state index in [1.807, 2.05) is 0 Å². The molecule has 0 spiro atoms. The van der Waals surface area contributed by atoms with E-state index in [0.717, 1.165) is 0 Å². The van der Waals surface area contributed by atoms with E-state index in [1.165, 1.54) is 14.2 Å². The smallest absolute Gasteiger partial charge is 0.167 e. The molecule has 16 heavy (non-hydrogen) atoms. The average molecular weight is 228 g/mol. The molecule has 0 aliphatic carbocycles. The summed E-state index contributed by atoms with van der Waals surface area (Å²) in [6.07, 6.45) is -0.807. The van der Waals surface area contributed by atoms with Gasteiger partial charge in [-0.25, -0.2) is 4.39 Å². The Morgan fingerprint density at radius 2 is 1.56 bits per heavy atom. The van der Waals surface area contributed by atoms with Crippen LogP contribution < -0.4 is 9.47 Å². The molecule has 0 bridgehead atoms. The predicted molar refractivity (Wildman–Crippen MR) is 59.6 cm³/mol. The Morgan fingerprint density at radius 3 is 1.94 bits per heavy atom. The van der Waals surface area contributed by atoms with Gasteiger partial charge in [0.15, 0.2) is 11.5 Å². The predicted octanol–water partition coefficient (Wildman–Crippen LogP) is 2.51. The van der Waals surface area contributed by atoms with Crippen molar-refractivity contribution in [1.82, 2.24) is 0 Å². The molecule has 0 saturated heterocycles. The highest BCUT2D eigenvalue weighted by Crippen LogP contribution is 2.41. The normalized spacial score (nSPS) is 12.4. The summed E-state index contributed by atoms with van der Waals surface area (Å²) in [6, 6.07) is 0. The second kappa shape index (κ2) is 4.70. The summed E-state index contributed by atoms with van der Waals surface area (Å²) in [7, 11) is 2.92. The molecule has 0 aromatic heterocycles. The Kier molecular flexibility index (Phi) is 3.75. The molecule has 1 aromatic carbocycles. The van der Waals surface area contributed by atoms with E-state index in [0.29, 0.717) is 28.2 Å². The van der Waals surface area contributed by atoms with Crippen LogP contribution in [0.25, 0.3) is 0 Å². The van der Waals surface area contributed by atoms with Gasteiger partial charge in [-0.1, -0.05) is 0 Å². The van der Waals surface area contributed by atoms with Gasteiger partial charge in [0.1, 0.15) is 5.82 Å². The van der Waals surface area contributed by atoms with E-state index < -0.39 is 6.10 Å². The molecule has 0 saturated carbocycles. The van der Waals surface area contributed by atoms with Gasteiger partial charge in [0.2, 0.25) is 0 Å². The van der Waals surface area contributed by atoms with Crippen LogP contribution in [0.4, 0.5) is 4.39 Å². The zero-order chi connectivity index (χ0) is 12.5. The number of halogens is 1. The molecule has 0 heterocycles. The summed E-state index contributed by atoms with van der Waals surface area (Å²) < 4.78 is 24.2. The highest BCUT2D eigenvalue weighted by atomic mass is 19.1. The number of benzene rings is 1. The van der Waals surface area contributed by atoms with Crippen molar-refractivity contribution in [3.63, 3.8) is 0 Å². The van der Waals surface area contributed by atoms with Crippen LogP contribution in [0.2, 0.25) is 0 Å². The number of hydrogen-bond acceptors (Lipinski definition) is 3. The number of methoxy groups -OCH3 is 2. The number of hydrogen-bond donors (Lipinski definition) is 1. The van der Waals surface area contributed by atoms with Crippen molar-refractivity contribution in [3.05, 3.63) is 22.5 Å². The topological polar surface area (TPSA) is 38.7 Å². The molecule has 0 fully saturated rings. The Labute approximate surface area is 94.8 Å². The molecule has 1 N–H and O–H groups in total. The van der Waals surface area contributed by atoms with E-state index in [1.54, 1.807) is 20.8 Å². The van der Waals surface area contributed by atoms with Crippen LogP contribution in [0, 0.1) is 19.7 Å². The van der Waals surface area contributed by atoms with E-state index in [2.05, 4.69) is 0 Å². The van der Waals surface area contributed by atoms with Gasteiger partial charge in [0.05, 0.1) is 20.3 Å². The van der Waals surface area contributed by atoms with Crippen LogP contribution in [0.1, 0.15) is 29.7 Å². The second-order valence-corrected chi connectivity index (χ2v) is 3.72. The van der Waals surface area contributed by atoms with E-state index in [-0.39, 0.29) is 5.82 Å². The summed E-state index contributed by atoms with van der Waals surface area (Å²) in [5.41, 5.74) is 1.22. The highest BCUT2D eigenvalue weighted by molar-refractivity contribution is 5.56. The zero-order valence-corrected chi connectivity index (χ0v) is 10.2. The third kappa shape index (κ3) is 1.85. The van der Waals surface area contributed by atoms with Crippen LogP contribution in [0.15, 0.2) is 0 Å². The molecule has 1 aromatic rings. The van der Waals surface area contributed by atoms with E-state index in [9.17, 15) is 9.50 Å². The molecule has 0 amide bonds. The first kappa shape index (κ1) is 12.8. The molecular formula is C12H17FO3. The molecule has 1 atom stereocenters. The summed E-state index contributed by atoms with van der Waals surface area (Å²) in [5.74, 6) is 0.365. The van der Waals surface area contributed by atoms with Crippen molar-refractivity contribution in [2.75, 3.05) is 14.2 Å². The fourth-order valence-corrected chi connectivity index (χ4v) is 1.91. The number of aliphatic hydroxyl groups excluding tert-OH is 1. The van der Waals surface area contributed by atoms with Gasteiger partial charge in [-0.15, -0.1) is 0 Å². The first-order valence-corrected chi connectivity index (χ1v) is 5.04.